The fourth-order valence-electron chi connectivity index (χ4n) is 3.85. The molecule has 0 aromatic heterocycles. The SMILES string of the molecule is CC(C)(C)OC(=O)NC(CNC(=O)OCC1c2ccccc2-c2ccccc21)C(=O)OC(C)(C)C. The maximum atomic E-state index is 12.6. The highest BCUT2D eigenvalue weighted by Crippen LogP contribution is 2.44. The van der Waals surface area contributed by atoms with Crippen molar-refractivity contribution in [2.24, 2.45) is 0 Å². The van der Waals surface area contributed by atoms with Crippen molar-refractivity contribution in [3.8, 4) is 11.1 Å². The molecule has 1 atom stereocenters. The number of amides is 2. The van der Waals surface area contributed by atoms with Gasteiger partial charge in [0, 0.05) is 5.92 Å². The van der Waals surface area contributed by atoms with E-state index in [4.69, 9.17) is 14.2 Å². The number of alkyl carbamates (subject to hydrolysis) is 2. The number of carbonyl (C=O) groups is 3. The van der Waals surface area contributed by atoms with E-state index in [1.807, 2.05) is 36.4 Å². The second-order valence-electron chi connectivity index (χ2n) is 10.4. The van der Waals surface area contributed by atoms with Gasteiger partial charge in [0.05, 0.1) is 6.54 Å². The van der Waals surface area contributed by atoms with Crippen LogP contribution in [-0.2, 0) is 19.0 Å². The van der Waals surface area contributed by atoms with Crippen molar-refractivity contribution in [3.05, 3.63) is 59.7 Å². The van der Waals surface area contributed by atoms with E-state index in [-0.39, 0.29) is 19.1 Å². The number of hydrogen-bond acceptors (Lipinski definition) is 6. The van der Waals surface area contributed by atoms with E-state index < -0.39 is 35.4 Å². The van der Waals surface area contributed by atoms with Gasteiger partial charge >= 0.3 is 18.2 Å². The molecule has 0 spiro atoms. The molecule has 0 fully saturated rings. The van der Waals surface area contributed by atoms with Crippen molar-refractivity contribution in [1.29, 1.82) is 0 Å². The van der Waals surface area contributed by atoms with Gasteiger partial charge in [0.25, 0.3) is 0 Å². The average Bonchev–Trinajstić information content (AvgIpc) is 3.06. The molecule has 0 aliphatic heterocycles. The van der Waals surface area contributed by atoms with Crippen LogP contribution in [0.4, 0.5) is 9.59 Å². The second kappa shape index (κ2) is 10.4. The summed E-state index contributed by atoms with van der Waals surface area (Å²) in [6, 6.07) is 14.9. The van der Waals surface area contributed by atoms with Gasteiger partial charge in [-0.3, -0.25) is 0 Å². The van der Waals surface area contributed by atoms with Crippen LogP contribution in [0.1, 0.15) is 58.6 Å². The molecule has 1 aliphatic rings. The number of hydrogen-bond donors (Lipinski definition) is 2. The number of esters is 1. The molecule has 0 saturated heterocycles. The van der Waals surface area contributed by atoms with E-state index in [0.717, 1.165) is 22.3 Å². The van der Waals surface area contributed by atoms with Crippen LogP contribution in [0, 0.1) is 0 Å². The summed E-state index contributed by atoms with van der Waals surface area (Å²) in [6.45, 7) is 10.2. The Morgan fingerprint density at radius 3 is 1.83 bits per heavy atom. The monoisotopic (exact) mass is 482 g/mol. The third-order valence-electron chi connectivity index (χ3n) is 5.18. The highest BCUT2D eigenvalue weighted by Gasteiger charge is 2.31. The first-order valence-corrected chi connectivity index (χ1v) is 11.7. The molecule has 2 aromatic carbocycles. The quantitative estimate of drug-likeness (QED) is 0.455. The van der Waals surface area contributed by atoms with Gasteiger partial charge in [0.15, 0.2) is 0 Å². The van der Waals surface area contributed by atoms with E-state index in [2.05, 4.69) is 22.8 Å². The van der Waals surface area contributed by atoms with Gasteiger partial charge < -0.3 is 24.8 Å². The molecule has 1 unspecified atom stereocenters. The van der Waals surface area contributed by atoms with E-state index >= 15 is 0 Å². The van der Waals surface area contributed by atoms with Crippen LogP contribution in [0.15, 0.2) is 48.5 Å². The van der Waals surface area contributed by atoms with Gasteiger partial charge in [0.1, 0.15) is 23.9 Å². The van der Waals surface area contributed by atoms with Crippen molar-refractivity contribution >= 4 is 18.2 Å². The van der Waals surface area contributed by atoms with Crippen LogP contribution in [0.2, 0.25) is 0 Å². The number of benzene rings is 2. The number of carbonyl (C=O) groups excluding carboxylic acids is 3. The Kier molecular flexibility index (Phi) is 7.73. The van der Waals surface area contributed by atoms with Crippen LogP contribution < -0.4 is 10.6 Å². The van der Waals surface area contributed by atoms with Crippen LogP contribution in [0.3, 0.4) is 0 Å². The molecule has 3 rings (SSSR count). The highest BCUT2D eigenvalue weighted by atomic mass is 16.6. The molecule has 8 nitrogen and oxygen atoms in total. The summed E-state index contributed by atoms with van der Waals surface area (Å²) in [4.78, 5) is 37.4. The third-order valence-corrected chi connectivity index (χ3v) is 5.18. The summed E-state index contributed by atoms with van der Waals surface area (Å²) in [5, 5.41) is 5.03. The molecule has 0 bridgehead atoms. The molecule has 1 aliphatic carbocycles. The van der Waals surface area contributed by atoms with Gasteiger partial charge in [-0.25, -0.2) is 14.4 Å². The van der Waals surface area contributed by atoms with Crippen molar-refractivity contribution in [1.82, 2.24) is 10.6 Å². The van der Waals surface area contributed by atoms with E-state index in [9.17, 15) is 14.4 Å². The Bertz CT molecular complexity index is 1040. The molecule has 2 N–H and O–H groups in total. The zero-order chi connectivity index (χ0) is 25.8. The molecule has 35 heavy (non-hydrogen) atoms. The van der Waals surface area contributed by atoms with Crippen LogP contribution in [-0.4, -0.2) is 48.6 Å². The lowest BCUT2D eigenvalue weighted by Gasteiger charge is -2.26. The molecule has 0 heterocycles. The summed E-state index contributed by atoms with van der Waals surface area (Å²) in [5.74, 6) is -0.781. The Morgan fingerprint density at radius 2 is 1.31 bits per heavy atom. The predicted octanol–water partition coefficient (Wildman–Crippen LogP) is 4.76. The minimum absolute atomic E-state index is 0.0882. The molecular weight excluding hydrogens is 448 g/mol. The molecule has 2 aromatic rings. The van der Waals surface area contributed by atoms with Crippen LogP contribution in [0.25, 0.3) is 11.1 Å². The second-order valence-corrected chi connectivity index (χ2v) is 10.4. The number of rotatable bonds is 6. The van der Waals surface area contributed by atoms with E-state index in [0.29, 0.717) is 0 Å². The summed E-state index contributed by atoms with van der Waals surface area (Å²) in [6.07, 6.45) is -1.49. The van der Waals surface area contributed by atoms with Crippen LogP contribution in [0.5, 0.6) is 0 Å². The maximum Gasteiger partial charge on any atom is 0.408 e. The minimum Gasteiger partial charge on any atom is -0.458 e. The molecule has 0 radical (unpaired) electrons. The molecule has 2 amide bonds. The summed E-state index contributed by atoms with van der Waals surface area (Å²) < 4.78 is 16.1. The lowest BCUT2D eigenvalue weighted by Crippen LogP contribution is -2.51. The van der Waals surface area contributed by atoms with Crippen molar-refractivity contribution in [2.75, 3.05) is 13.2 Å². The molecule has 8 heteroatoms. The fraction of sp³-hybridized carbons (Fsp3) is 0.444. The van der Waals surface area contributed by atoms with Crippen LogP contribution >= 0.6 is 0 Å². The standard InChI is InChI=1S/C27H34N2O6/c1-26(2,3)34-23(30)22(29-25(32)35-27(4,5)6)15-28-24(31)33-16-21-19-13-9-7-11-17(19)18-12-8-10-14-20(18)21/h7-14,21-22H,15-16H2,1-6H3,(H,28,31)(H,29,32). The predicted molar refractivity (Wildman–Crippen MR) is 132 cm³/mol. The smallest absolute Gasteiger partial charge is 0.408 e. The Morgan fingerprint density at radius 1 is 0.800 bits per heavy atom. The number of ether oxygens (including phenoxy) is 3. The fourth-order valence-corrected chi connectivity index (χ4v) is 3.85. The first kappa shape index (κ1) is 26.1. The van der Waals surface area contributed by atoms with E-state index in [1.54, 1.807) is 41.5 Å². The highest BCUT2D eigenvalue weighted by molar-refractivity contribution is 5.83. The van der Waals surface area contributed by atoms with Gasteiger partial charge in [0.2, 0.25) is 0 Å². The van der Waals surface area contributed by atoms with Gasteiger partial charge in [-0.15, -0.1) is 0 Å². The van der Waals surface area contributed by atoms with Crippen molar-refractivity contribution in [3.63, 3.8) is 0 Å². The molecular formula is C27H34N2O6. The third kappa shape index (κ3) is 7.21. The Labute approximate surface area is 206 Å². The molecule has 188 valence electrons. The zero-order valence-electron chi connectivity index (χ0n) is 21.1. The van der Waals surface area contributed by atoms with E-state index in [1.165, 1.54) is 0 Å². The minimum atomic E-state index is -1.15. The van der Waals surface area contributed by atoms with Gasteiger partial charge in [-0.2, -0.15) is 0 Å². The number of fused-ring (bicyclic) bond motifs is 3. The van der Waals surface area contributed by atoms with Crippen molar-refractivity contribution in [2.45, 2.75) is 64.7 Å². The zero-order valence-corrected chi connectivity index (χ0v) is 21.1. The maximum absolute atomic E-state index is 12.6. The van der Waals surface area contributed by atoms with Crippen molar-refractivity contribution < 1.29 is 28.6 Å². The topological polar surface area (TPSA) is 103 Å². The number of nitrogens with one attached hydrogen (secondary N) is 2. The lowest BCUT2D eigenvalue weighted by atomic mass is 9.98. The summed E-state index contributed by atoms with van der Waals surface area (Å²) in [7, 11) is 0. The van der Waals surface area contributed by atoms with Gasteiger partial charge in [-0.1, -0.05) is 48.5 Å². The largest absolute Gasteiger partial charge is 0.458 e. The first-order valence-electron chi connectivity index (χ1n) is 11.7. The summed E-state index contributed by atoms with van der Waals surface area (Å²) in [5.41, 5.74) is 2.93. The first-order chi connectivity index (χ1) is 16.3. The van der Waals surface area contributed by atoms with Gasteiger partial charge in [-0.05, 0) is 63.8 Å². The Balaban J connectivity index is 1.62. The molecule has 0 saturated carbocycles. The normalized spacial score (nSPS) is 13.8. The summed E-state index contributed by atoms with van der Waals surface area (Å²) >= 11 is 0. The average molecular weight is 483 g/mol. The Hall–Kier alpha value is -3.55. The lowest BCUT2D eigenvalue weighted by molar-refractivity contribution is -0.157.